The van der Waals surface area contributed by atoms with Crippen molar-refractivity contribution in [2.75, 3.05) is 0 Å². The minimum atomic E-state index is 0.842. The minimum Gasteiger partial charge on any atom is -0.466 e. The molecule has 0 atom stereocenters. The predicted octanol–water partition coefficient (Wildman–Crippen LogP) is 1.69. The molecule has 0 aliphatic heterocycles. The highest BCUT2D eigenvalue weighted by Gasteiger charge is 2.11. The van der Waals surface area contributed by atoms with Crippen molar-refractivity contribution in [3.8, 4) is 11.4 Å². The second kappa shape index (κ2) is 2.73. The zero-order valence-corrected chi connectivity index (χ0v) is 7.90. The molecule has 0 fully saturated rings. The van der Waals surface area contributed by atoms with E-state index in [1.807, 2.05) is 31.5 Å². The van der Waals surface area contributed by atoms with E-state index >= 15 is 0 Å². The molecule has 2 aromatic heterocycles. The molecule has 0 aromatic carbocycles. The van der Waals surface area contributed by atoms with Gasteiger partial charge < -0.3 is 8.98 Å². The van der Waals surface area contributed by atoms with Gasteiger partial charge in [-0.05, 0) is 19.9 Å². The maximum absolute atomic E-state index is 5.41. The lowest BCUT2D eigenvalue weighted by atomic mass is 10.2. The first kappa shape index (κ1) is 8.04. The third kappa shape index (κ3) is 1.24. The first-order valence-corrected chi connectivity index (χ1v) is 4.10. The summed E-state index contributed by atoms with van der Waals surface area (Å²) in [4.78, 5) is 0. The average Bonchev–Trinajstić information content (AvgIpc) is 2.58. The van der Waals surface area contributed by atoms with Crippen LogP contribution in [0, 0.1) is 13.8 Å². The molecule has 0 radical (unpaired) electrons. The van der Waals surface area contributed by atoms with Crippen molar-refractivity contribution in [3.05, 3.63) is 23.9 Å². The van der Waals surface area contributed by atoms with E-state index < -0.39 is 0 Å². The van der Waals surface area contributed by atoms with Crippen molar-refractivity contribution in [2.45, 2.75) is 13.8 Å². The Morgan fingerprint density at radius 1 is 1.38 bits per heavy atom. The van der Waals surface area contributed by atoms with Gasteiger partial charge in [-0.15, -0.1) is 10.2 Å². The van der Waals surface area contributed by atoms with E-state index in [-0.39, 0.29) is 0 Å². The van der Waals surface area contributed by atoms with Gasteiger partial charge in [-0.2, -0.15) is 0 Å². The van der Waals surface area contributed by atoms with Crippen molar-refractivity contribution in [2.24, 2.45) is 7.05 Å². The van der Waals surface area contributed by atoms with E-state index in [0.29, 0.717) is 0 Å². The molecule has 0 unspecified atom stereocenters. The Morgan fingerprint density at radius 3 is 2.62 bits per heavy atom. The van der Waals surface area contributed by atoms with Crippen molar-refractivity contribution in [1.29, 1.82) is 0 Å². The maximum Gasteiger partial charge on any atom is 0.167 e. The normalized spacial score (nSPS) is 10.7. The number of hydrogen-bond acceptors (Lipinski definition) is 3. The summed E-state index contributed by atoms with van der Waals surface area (Å²) in [5, 5.41) is 7.83. The van der Waals surface area contributed by atoms with Crippen molar-refractivity contribution < 1.29 is 4.42 Å². The second-order valence-electron chi connectivity index (χ2n) is 3.09. The topological polar surface area (TPSA) is 43.9 Å². The molecule has 2 heterocycles. The first-order valence-electron chi connectivity index (χ1n) is 4.10. The van der Waals surface area contributed by atoms with Crippen LogP contribution in [0.3, 0.4) is 0 Å². The molecule has 4 heteroatoms. The van der Waals surface area contributed by atoms with Gasteiger partial charge in [0.2, 0.25) is 0 Å². The zero-order chi connectivity index (χ0) is 9.42. The number of rotatable bonds is 1. The Hall–Kier alpha value is -1.58. The Morgan fingerprint density at radius 2 is 2.15 bits per heavy atom. The van der Waals surface area contributed by atoms with Gasteiger partial charge in [0.15, 0.2) is 5.82 Å². The second-order valence-corrected chi connectivity index (χ2v) is 3.09. The van der Waals surface area contributed by atoms with Gasteiger partial charge in [0, 0.05) is 7.05 Å². The highest BCUT2D eigenvalue weighted by atomic mass is 16.3. The van der Waals surface area contributed by atoms with E-state index in [4.69, 9.17) is 4.42 Å². The predicted molar refractivity (Wildman–Crippen MR) is 48.2 cm³/mol. The fraction of sp³-hybridized carbons (Fsp3) is 0.333. The van der Waals surface area contributed by atoms with Gasteiger partial charge in [0.05, 0.1) is 5.56 Å². The summed E-state index contributed by atoms with van der Waals surface area (Å²) < 4.78 is 7.28. The van der Waals surface area contributed by atoms with E-state index in [9.17, 15) is 0 Å². The summed E-state index contributed by atoms with van der Waals surface area (Å²) in [6.07, 6.45) is 1.68. The molecule has 4 nitrogen and oxygen atoms in total. The lowest BCUT2D eigenvalue weighted by Crippen LogP contribution is -1.90. The molecular weight excluding hydrogens is 166 g/mol. The molecule has 0 N–H and O–H groups in total. The van der Waals surface area contributed by atoms with E-state index in [1.54, 1.807) is 6.33 Å². The molecule has 0 saturated heterocycles. The van der Waals surface area contributed by atoms with Crippen LogP contribution in [0.15, 0.2) is 16.8 Å². The number of hydrogen-bond donors (Lipinski definition) is 0. The standard InChI is InChI=1S/C9H11N3O/c1-6-4-8(7(2)13-6)9-11-10-5-12(9)3/h4-5H,1-3H3. The molecule has 68 valence electrons. The van der Waals surface area contributed by atoms with Crippen LogP contribution < -0.4 is 0 Å². The molecule has 0 saturated carbocycles. The minimum absolute atomic E-state index is 0.842. The highest BCUT2D eigenvalue weighted by molar-refractivity contribution is 5.57. The Labute approximate surface area is 76.2 Å². The van der Waals surface area contributed by atoms with Crippen LogP contribution >= 0.6 is 0 Å². The Bertz CT molecular complexity index is 428. The Kier molecular flexibility index (Phi) is 1.69. The molecule has 0 amide bonds. The average molecular weight is 177 g/mol. The third-order valence-corrected chi connectivity index (χ3v) is 1.99. The fourth-order valence-electron chi connectivity index (χ4n) is 1.38. The quantitative estimate of drug-likeness (QED) is 0.665. The molecule has 13 heavy (non-hydrogen) atoms. The summed E-state index contributed by atoms with van der Waals surface area (Å²) in [6.45, 7) is 3.85. The van der Waals surface area contributed by atoms with E-state index in [0.717, 1.165) is 22.9 Å². The fourth-order valence-corrected chi connectivity index (χ4v) is 1.38. The van der Waals surface area contributed by atoms with Crippen LogP contribution in [0.5, 0.6) is 0 Å². The molecular formula is C9H11N3O. The summed E-state index contributed by atoms with van der Waals surface area (Å²) in [7, 11) is 1.91. The molecule has 2 aromatic rings. The van der Waals surface area contributed by atoms with E-state index in [2.05, 4.69) is 10.2 Å². The summed E-state index contributed by atoms with van der Waals surface area (Å²) >= 11 is 0. The van der Waals surface area contributed by atoms with Crippen molar-refractivity contribution in [3.63, 3.8) is 0 Å². The zero-order valence-electron chi connectivity index (χ0n) is 7.90. The van der Waals surface area contributed by atoms with Crippen LogP contribution in [0.25, 0.3) is 11.4 Å². The summed E-state index contributed by atoms with van der Waals surface area (Å²) in [5.74, 6) is 2.62. The summed E-state index contributed by atoms with van der Waals surface area (Å²) in [5.41, 5.74) is 1.01. The third-order valence-electron chi connectivity index (χ3n) is 1.99. The molecule has 0 aliphatic carbocycles. The smallest absolute Gasteiger partial charge is 0.167 e. The van der Waals surface area contributed by atoms with Gasteiger partial charge >= 0.3 is 0 Å². The molecule has 0 spiro atoms. The monoisotopic (exact) mass is 177 g/mol. The number of furan rings is 1. The van der Waals surface area contributed by atoms with Crippen LogP contribution in [0.2, 0.25) is 0 Å². The largest absolute Gasteiger partial charge is 0.466 e. The lowest BCUT2D eigenvalue weighted by molar-refractivity contribution is 0.505. The van der Waals surface area contributed by atoms with Crippen LogP contribution in [0.1, 0.15) is 11.5 Å². The number of aromatic nitrogens is 3. The molecule has 0 aliphatic rings. The molecule has 0 bridgehead atoms. The van der Waals surface area contributed by atoms with Crippen LogP contribution in [-0.2, 0) is 7.05 Å². The first-order chi connectivity index (χ1) is 6.18. The van der Waals surface area contributed by atoms with Crippen LogP contribution in [0.4, 0.5) is 0 Å². The van der Waals surface area contributed by atoms with Crippen molar-refractivity contribution >= 4 is 0 Å². The maximum atomic E-state index is 5.41. The van der Waals surface area contributed by atoms with Gasteiger partial charge in [-0.25, -0.2) is 0 Å². The van der Waals surface area contributed by atoms with Gasteiger partial charge in [-0.1, -0.05) is 0 Å². The number of nitrogens with zero attached hydrogens (tertiary/aromatic N) is 3. The van der Waals surface area contributed by atoms with Crippen molar-refractivity contribution in [1.82, 2.24) is 14.8 Å². The lowest BCUT2D eigenvalue weighted by Gasteiger charge is -1.95. The summed E-state index contributed by atoms with van der Waals surface area (Å²) in [6, 6.07) is 1.97. The van der Waals surface area contributed by atoms with Gasteiger partial charge in [0.25, 0.3) is 0 Å². The van der Waals surface area contributed by atoms with Crippen LogP contribution in [-0.4, -0.2) is 14.8 Å². The van der Waals surface area contributed by atoms with Gasteiger partial charge in [0.1, 0.15) is 17.8 Å². The SMILES string of the molecule is Cc1cc(-c2nncn2C)c(C)o1. The van der Waals surface area contributed by atoms with E-state index in [1.165, 1.54) is 0 Å². The highest BCUT2D eigenvalue weighted by Crippen LogP contribution is 2.23. The molecule has 2 rings (SSSR count). The van der Waals surface area contributed by atoms with Gasteiger partial charge in [-0.3, -0.25) is 0 Å². The number of aryl methyl sites for hydroxylation is 3. The Balaban J connectivity index is 2.58.